The topological polar surface area (TPSA) is 65.5 Å². The first-order valence-electron chi connectivity index (χ1n) is 9.28. The zero-order valence-electron chi connectivity index (χ0n) is 15.3. The van der Waals surface area contributed by atoms with Crippen LogP contribution in [0.4, 0.5) is 5.69 Å². The third-order valence-electron chi connectivity index (χ3n) is 5.22. The number of carbonyl (C=O) groups is 2. The second-order valence-corrected chi connectivity index (χ2v) is 7.12. The third-order valence-corrected chi connectivity index (χ3v) is 5.22. The molecule has 0 radical (unpaired) electrons. The maximum Gasteiger partial charge on any atom is 0.242 e. The summed E-state index contributed by atoms with van der Waals surface area (Å²) < 4.78 is 0. The number of nitrogens with zero attached hydrogens (tertiary/aromatic N) is 3. The van der Waals surface area contributed by atoms with Crippen molar-refractivity contribution in [2.45, 2.75) is 44.9 Å². The summed E-state index contributed by atoms with van der Waals surface area (Å²) in [5.41, 5.74) is 3.09. The SMILES string of the molecule is CNc1cc(C)nc([C@H]2CCN(C(=O)CN3CCCCCC3=O)C2)c1. The van der Waals surface area contributed by atoms with E-state index in [0.29, 0.717) is 19.5 Å². The van der Waals surface area contributed by atoms with Gasteiger partial charge in [0.25, 0.3) is 0 Å². The molecule has 1 aromatic rings. The molecule has 0 aromatic carbocycles. The molecule has 25 heavy (non-hydrogen) atoms. The van der Waals surface area contributed by atoms with E-state index in [0.717, 1.165) is 49.3 Å². The largest absolute Gasteiger partial charge is 0.388 e. The molecule has 136 valence electrons. The molecule has 1 atom stereocenters. The lowest BCUT2D eigenvalue weighted by Crippen LogP contribution is -2.41. The molecule has 0 spiro atoms. The van der Waals surface area contributed by atoms with Gasteiger partial charge in [0.15, 0.2) is 0 Å². The number of carbonyl (C=O) groups excluding carboxylic acids is 2. The van der Waals surface area contributed by atoms with Crippen LogP contribution in [0.2, 0.25) is 0 Å². The van der Waals surface area contributed by atoms with Gasteiger partial charge in [0.05, 0.1) is 6.54 Å². The first-order valence-corrected chi connectivity index (χ1v) is 9.28. The van der Waals surface area contributed by atoms with E-state index >= 15 is 0 Å². The molecular formula is C19H28N4O2. The number of nitrogens with one attached hydrogen (secondary N) is 1. The molecule has 3 rings (SSSR count). The van der Waals surface area contributed by atoms with Crippen LogP contribution >= 0.6 is 0 Å². The van der Waals surface area contributed by atoms with Crippen molar-refractivity contribution in [3.8, 4) is 0 Å². The summed E-state index contributed by atoms with van der Waals surface area (Å²) in [6, 6.07) is 4.09. The number of aryl methyl sites for hydroxylation is 1. The molecule has 2 aliphatic rings. The molecule has 3 heterocycles. The Morgan fingerprint density at radius 2 is 2.12 bits per heavy atom. The van der Waals surface area contributed by atoms with E-state index in [-0.39, 0.29) is 24.3 Å². The van der Waals surface area contributed by atoms with Gasteiger partial charge in [-0.2, -0.15) is 0 Å². The van der Waals surface area contributed by atoms with Gasteiger partial charge in [-0.1, -0.05) is 6.42 Å². The van der Waals surface area contributed by atoms with Gasteiger partial charge in [0.2, 0.25) is 11.8 Å². The Balaban J connectivity index is 1.61. The smallest absolute Gasteiger partial charge is 0.242 e. The van der Waals surface area contributed by atoms with Crippen molar-refractivity contribution in [1.29, 1.82) is 0 Å². The standard InChI is InChI=1S/C19H28N4O2/c1-14-10-16(20-2)11-17(21-14)15-7-9-23(12-15)19(25)13-22-8-5-3-4-6-18(22)24/h10-11,15H,3-9,12-13H2,1-2H3,(H,20,21)/t15-/m0/s1. The lowest BCUT2D eigenvalue weighted by Gasteiger charge is -2.24. The van der Waals surface area contributed by atoms with Crippen LogP contribution in [0.25, 0.3) is 0 Å². The third kappa shape index (κ3) is 4.30. The lowest BCUT2D eigenvalue weighted by molar-refractivity contribution is -0.139. The number of anilines is 1. The fourth-order valence-corrected chi connectivity index (χ4v) is 3.74. The summed E-state index contributed by atoms with van der Waals surface area (Å²) in [5, 5.41) is 3.17. The van der Waals surface area contributed by atoms with Crippen molar-refractivity contribution in [3.05, 3.63) is 23.5 Å². The van der Waals surface area contributed by atoms with Crippen LogP contribution in [-0.4, -0.2) is 59.8 Å². The van der Waals surface area contributed by atoms with Crippen LogP contribution in [0.1, 0.15) is 49.4 Å². The minimum absolute atomic E-state index is 0.0687. The molecule has 6 heteroatoms. The van der Waals surface area contributed by atoms with Gasteiger partial charge < -0.3 is 15.1 Å². The summed E-state index contributed by atoms with van der Waals surface area (Å²) in [6.45, 7) is 4.38. The van der Waals surface area contributed by atoms with E-state index < -0.39 is 0 Å². The van der Waals surface area contributed by atoms with Gasteiger partial charge in [0, 0.05) is 56.1 Å². The van der Waals surface area contributed by atoms with E-state index in [4.69, 9.17) is 0 Å². The molecule has 0 bridgehead atoms. The Kier molecular flexibility index (Phi) is 5.56. The molecule has 1 aromatic heterocycles. The van der Waals surface area contributed by atoms with Crippen molar-refractivity contribution in [2.24, 2.45) is 0 Å². The average molecular weight is 344 g/mol. The predicted molar refractivity (Wildman–Crippen MR) is 97.5 cm³/mol. The predicted octanol–water partition coefficient (Wildman–Crippen LogP) is 2.15. The Hall–Kier alpha value is -2.11. The first-order chi connectivity index (χ1) is 12.1. The molecule has 0 unspecified atom stereocenters. The average Bonchev–Trinajstić information content (AvgIpc) is 3.01. The molecule has 2 saturated heterocycles. The second kappa shape index (κ2) is 7.85. The van der Waals surface area contributed by atoms with Gasteiger partial charge in [0.1, 0.15) is 0 Å². The quantitative estimate of drug-likeness (QED) is 0.909. The molecule has 2 amide bonds. The molecule has 0 aliphatic carbocycles. The number of likely N-dealkylation sites (tertiary alicyclic amines) is 2. The van der Waals surface area contributed by atoms with Crippen LogP contribution in [0.15, 0.2) is 12.1 Å². The minimum atomic E-state index is 0.0687. The van der Waals surface area contributed by atoms with Crippen LogP contribution in [-0.2, 0) is 9.59 Å². The summed E-state index contributed by atoms with van der Waals surface area (Å²) >= 11 is 0. The highest BCUT2D eigenvalue weighted by Crippen LogP contribution is 2.28. The zero-order chi connectivity index (χ0) is 17.8. The number of aromatic nitrogens is 1. The highest BCUT2D eigenvalue weighted by molar-refractivity contribution is 5.85. The van der Waals surface area contributed by atoms with Gasteiger partial charge in [-0.05, 0) is 38.3 Å². The van der Waals surface area contributed by atoms with Crippen molar-refractivity contribution in [2.75, 3.05) is 38.5 Å². The summed E-state index contributed by atoms with van der Waals surface area (Å²) in [7, 11) is 1.90. The highest BCUT2D eigenvalue weighted by Gasteiger charge is 2.30. The number of pyridine rings is 1. The van der Waals surface area contributed by atoms with Gasteiger partial charge in [-0.25, -0.2) is 0 Å². The van der Waals surface area contributed by atoms with Crippen LogP contribution < -0.4 is 5.32 Å². The Labute approximate surface area is 149 Å². The van der Waals surface area contributed by atoms with Crippen LogP contribution in [0.5, 0.6) is 0 Å². The van der Waals surface area contributed by atoms with E-state index in [1.165, 1.54) is 0 Å². The maximum absolute atomic E-state index is 12.6. The number of hydrogen-bond donors (Lipinski definition) is 1. The van der Waals surface area contributed by atoms with E-state index in [1.54, 1.807) is 4.90 Å². The summed E-state index contributed by atoms with van der Waals surface area (Å²) in [5.74, 6) is 0.468. The second-order valence-electron chi connectivity index (χ2n) is 7.12. The van der Waals surface area contributed by atoms with Gasteiger partial charge in [-0.15, -0.1) is 0 Å². The van der Waals surface area contributed by atoms with Crippen molar-refractivity contribution in [3.63, 3.8) is 0 Å². The normalized spacial score (nSPS) is 21.4. The van der Waals surface area contributed by atoms with Gasteiger partial charge in [-0.3, -0.25) is 14.6 Å². The molecule has 1 N–H and O–H groups in total. The number of rotatable bonds is 4. The fraction of sp³-hybridized carbons (Fsp3) is 0.632. The Morgan fingerprint density at radius 3 is 2.92 bits per heavy atom. The van der Waals surface area contributed by atoms with Crippen LogP contribution in [0, 0.1) is 6.92 Å². The number of hydrogen-bond acceptors (Lipinski definition) is 4. The molecule has 2 fully saturated rings. The Morgan fingerprint density at radius 1 is 1.28 bits per heavy atom. The van der Waals surface area contributed by atoms with Crippen molar-refractivity contribution >= 4 is 17.5 Å². The summed E-state index contributed by atoms with van der Waals surface area (Å²) in [4.78, 5) is 33.0. The van der Waals surface area contributed by atoms with Crippen molar-refractivity contribution in [1.82, 2.24) is 14.8 Å². The minimum Gasteiger partial charge on any atom is -0.388 e. The molecule has 6 nitrogen and oxygen atoms in total. The maximum atomic E-state index is 12.6. The number of amides is 2. The zero-order valence-corrected chi connectivity index (χ0v) is 15.3. The molecular weight excluding hydrogens is 316 g/mol. The van der Waals surface area contributed by atoms with E-state index in [9.17, 15) is 9.59 Å². The van der Waals surface area contributed by atoms with E-state index in [1.807, 2.05) is 24.9 Å². The van der Waals surface area contributed by atoms with Gasteiger partial charge >= 0.3 is 0 Å². The highest BCUT2D eigenvalue weighted by atomic mass is 16.2. The van der Waals surface area contributed by atoms with Crippen molar-refractivity contribution < 1.29 is 9.59 Å². The van der Waals surface area contributed by atoms with E-state index in [2.05, 4.69) is 16.4 Å². The van der Waals surface area contributed by atoms with Crippen LogP contribution in [0.3, 0.4) is 0 Å². The first kappa shape index (κ1) is 17.7. The fourth-order valence-electron chi connectivity index (χ4n) is 3.74. The summed E-state index contributed by atoms with van der Waals surface area (Å²) in [6.07, 6.45) is 4.54. The lowest BCUT2D eigenvalue weighted by atomic mass is 10.0. The molecule has 2 aliphatic heterocycles. The molecule has 0 saturated carbocycles. The monoisotopic (exact) mass is 344 g/mol. The Bertz CT molecular complexity index is 646.